The van der Waals surface area contributed by atoms with Crippen molar-refractivity contribution in [2.75, 3.05) is 40.5 Å². The molecule has 0 aliphatic carbocycles. The van der Waals surface area contributed by atoms with Gasteiger partial charge in [-0.2, -0.15) is 4.31 Å². The van der Waals surface area contributed by atoms with Crippen molar-refractivity contribution in [1.82, 2.24) is 4.31 Å². The van der Waals surface area contributed by atoms with Gasteiger partial charge in [-0.15, -0.1) is 11.3 Å². The first-order valence-corrected chi connectivity index (χ1v) is 8.37. The minimum Gasteiger partial charge on any atom is -0.383 e. The second-order valence-corrected chi connectivity index (χ2v) is 7.77. The maximum Gasteiger partial charge on any atom is 0.245 e. The average molecular weight is 348 g/mol. The van der Waals surface area contributed by atoms with Crippen LogP contribution in [0.3, 0.4) is 0 Å². The molecule has 1 heterocycles. The van der Waals surface area contributed by atoms with E-state index in [1.165, 1.54) is 24.6 Å². The first-order valence-electron chi connectivity index (χ1n) is 5.36. The van der Waals surface area contributed by atoms with E-state index < -0.39 is 10.0 Å². The number of sulfonamides is 1. The van der Waals surface area contributed by atoms with Gasteiger partial charge < -0.3 is 9.47 Å². The zero-order chi connectivity index (χ0) is 14.5. The van der Waals surface area contributed by atoms with E-state index in [-0.39, 0.29) is 22.3 Å². The van der Waals surface area contributed by atoms with Crippen LogP contribution in [0.5, 0.6) is 0 Å². The lowest BCUT2D eigenvalue weighted by Gasteiger charge is -2.21. The molecule has 0 amide bonds. The van der Waals surface area contributed by atoms with Crippen molar-refractivity contribution >= 4 is 44.6 Å². The normalized spacial score (nSPS) is 12.3. The zero-order valence-corrected chi connectivity index (χ0v) is 13.7. The van der Waals surface area contributed by atoms with E-state index in [9.17, 15) is 8.42 Å². The lowest BCUT2D eigenvalue weighted by atomic mass is 10.6. The van der Waals surface area contributed by atoms with Crippen LogP contribution in [0.25, 0.3) is 0 Å². The Labute approximate surface area is 127 Å². The SMILES string of the molecule is COCCN(CCOC)S(=O)(=O)c1cc(Cl)sc1Cl. The maximum absolute atomic E-state index is 12.5. The molecule has 0 N–H and O–H groups in total. The quantitative estimate of drug-likeness (QED) is 0.724. The summed E-state index contributed by atoms with van der Waals surface area (Å²) in [6.07, 6.45) is 0. The molecule has 0 bridgehead atoms. The fraction of sp³-hybridized carbons (Fsp3) is 0.600. The van der Waals surface area contributed by atoms with E-state index >= 15 is 0 Å². The molecule has 0 saturated heterocycles. The van der Waals surface area contributed by atoms with Crippen LogP contribution in [-0.4, -0.2) is 53.2 Å². The molecule has 0 fully saturated rings. The Hall–Kier alpha value is 0.110. The van der Waals surface area contributed by atoms with Gasteiger partial charge in [-0.25, -0.2) is 8.42 Å². The first-order chi connectivity index (χ1) is 8.93. The van der Waals surface area contributed by atoms with Crippen molar-refractivity contribution in [2.24, 2.45) is 0 Å². The second-order valence-electron chi connectivity index (χ2n) is 3.58. The van der Waals surface area contributed by atoms with Crippen LogP contribution < -0.4 is 0 Å². The standard InChI is InChI=1S/C10H15Cl2NO4S2/c1-16-5-3-13(4-6-17-2)19(14,15)8-7-9(11)18-10(8)12/h7H,3-6H2,1-2H3. The van der Waals surface area contributed by atoms with Crippen molar-refractivity contribution in [3.8, 4) is 0 Å². The summed E-state index contributed by atoms with van der Waals surface area (Å²) in [5.74, 6) is 0. The molecule has 0 aliphatic heterocycles. The van der Waals surface area contributed by atoms with Crippen LogP contribution in [0.4, 0.5) is 0 Å². The fourth-order valence-electron chi connectivity index (χ4n) is 1.38. The van der Waals surface area contributed by atoms with Gasteiger partial charge in [-0.05, 0) is 6.07 Å². The summed E-state index contributed by atoms with van der Waals surface area (Å²) >= 11 is 12.7. The van der Waals surface area contributed by atoms with Crippen molar-refractivity contribution in [2.45, 2.75) is 4.90 Å². The number of hydrogen-bond acceptors (Lipinski definition) is 5. The molecule has 0 radical (unpaired) electrons. The summed E-state index contributed by atoms with van der Waals surface area (Å²) in [5, 5.41) is 0. The number of nitrogens with zero attached hydrogens (tertiary/aromatic N) is 1. The Balaban J connectivity index is 3.00. The average Bonchev–Trinajstić information content (AvgIpc) is 2.69. The van der Waals surface area contributed by atoms with Crippen LogP contribution in [0.15, 0.2) is 11.0 Å². The molecule has 0 atom stereocenters. The summed E-state index contributed by atoms with van der Waals surface area (Å²) in [5.41, 5.74) is 0. The highest BCUT2D eigenvalue weighted by Gasteiger charge is 2.28. The third-order valence-electron chi connectivity index (χ3n) is 2.33. The number of halogens is 2. The Kier molecular flexibility index (Phi) is 7.02. The summed E-state index contributed by atoms with van der Waals surface area (Å²) in [6.45, 7) is 1.04. The van der Waals surface area contributed by atoms with Crippen LogP contribution in [0, 0.1) is 0 Å². The molecule has 1 aromatic heterocycles. The van der Waals surface area contributed by atoms with Crippen molar-refractivity contribution < 1.29 is 17.9 Å². The molecule has 0 unspecified atom stereocenters. The van der Waals surface area contributed by atoms with Gasteiger partial charge in [-0.3, -0.25) is 0 Å². The van der Waals surface area contributed by atoms with E-state index in [0.717, 1.165) is 11.3 Å². The predicted octanol–water partition coefficient (Wildman–Crippen LogP) is 2.34. The lowest BCUT2D eigenvalue weighted by Crippen LogP contribution is -2.36. The monoisotopic (exact) mass is 347 g/mol. The van der Waals surface area contributed by atoms with E-state index in [0.29, 0.717) is 17.6 Å². The molecule has 1 aromatic rings. The molecular weight excluding hydrogens is 333 g/mol. The van der Waals surface area contributed by atoms with Crippen molar-refractivity contribution in [3.05, 3.63) is 14.7 Å². The molecule has 0 aromatic carbocycles. The molecule has 1 rings (SSSR count). The number of thiophene rings is 1. The van der Waals surface area contributed by atoms with Crippen LogP contribution in [0.2, 0.25) is 8.67 Å². The molecule has 5 nitrogen and oxygen atoms in total. The van der Waals surface area contributed by atoms with E-state index in [1.54, 1.807) is 0 Å². The topological polar surface area (TPSA) is 55.8 Å². The molecule has 0 saturated carbocycles. The Bertz CT molecular complexity index is 496. The minimum atomic E-state index is -3.69. The number of rotatable bonds is 8. The van der Waals surface area contributed by atoms with Gasteiger partial charge in [-0.1, -0.05) is 23.2 Å². The van der Waals surface area contributed by atoms with Gasteiger partial charge in [0.2, 0.25) is 10.0 Å². The van der Waals surface area contributed by atoms with Gasteiger partial charge in [0.15, 0.2) is 0 Å². The molecule has 0 aliphatic rings. The number of ether oxygens (including phenoxy) is 2. The largest absolute Gasteiger partial charge is 0.383 e. The summed E-state index contributed by atoms with van der Waals surface area (Å²) in [6, 6.07) is 1.36. The van der Waals surface area contributed by atoms with Crippen molar-refractivity contribution in [1.29, 1.82) is 0 Å². The Morgan fingerprint density at radius 1 is 1.21 bits per heavy atom. The maximum atomic E-state index is 12.5. The Morgan fingerprint density at radius 3 is 2.11 bits per heavy atom. The zero-order valence-electron chi connectivity index (χ0n) is 10.6. The highest BCUT2D eigenvalue weighted by Crippen LogP contribution is 2.35. The lowest BCUT2D eigenvalue weighted by molar-refractivity contribution is 0.150. The predicted molar refractivity (Wildman–Crippen MR) is 76.8 cm³/mol. The summed E-state index contributed by atoms with van der Waals surface area (Å²) in [4.78, 5) is 0.0244. The van der Waals surface area contributed by atoms with E-state index in [2.05, 4.69) is 0 Å². The molecular formula is C10H15Cl2NO4S2. The van der Waals surface area contributed by atoms with Gasteiger partial charge in [0.1, 0.15) is 9.23 Å². The van der Waals surface area contributed by atoms with E-state index in [1.807, 2.05) is 0 Å². The highest BCUT2D eigenvalue weighted by atomic mass is 35.5. The molecule has 19 heavy (non-hydrogen) atoms. The van der Waals surface area contributed by atoms with Crippen LogP contribution in [-0.2, 0) is 19.5 Å². The van der Waals surface area contributed by atoms with Gasteiger partial charge in [0.05, 0.1) is 17.6 Å². The molecule has 110 valence electrons. The van der Waals surface area contributed by atoms with Crippen LogP contribution >= 0.6 is 34.5 Å². The molecule has 9 heteroatoms. The van der Waals surface area contributed by atoms with Crippen LogP contribution in [0.1, 0.15) is 0 Å². The van der Waals surface area contributed by atoms with Gasteiger partial charge >= 0.3 is 0 Å². The number of methoxy groups -OCH3 is 2. The summed E-state index contributed by atoms with van der Waals surface area (Å²) in [7, 11) is -0.669. The third kappa shape index (κ3) is 4.56. The highest BCUT2D eigenvalue weighted by molar-refractivity contribution is 7.89. The molecule has 0 spiro atoms. The third-order valence-corrected chi connectivity index (χ3v) is 5.98. The van der Waals surface area contributed by atoms with Gasteiger partial charge in [0, 0.05) is 27.3 Å². The fourth-order valence-corrected chi connectivity index (χ4v) is 4.90. The summed E-state index contributed by atoms with van der Waals surface area (Å²) < 4.78 is 36.5. The first kappa shape index (κ1) is 17.2. The smallest absolute Gasteiger partial charge is 0.245 e. The van der Waals surface area contributed by atoms with Gasteiger partial charge in [0.25, 0.3) is 0 Å². The number of hydrogen-bond donors (Lipinski definition) is 0. The Morgan fingerprint density at radius 2 is 1.74 bits per heavy atom. The minimum absolute atomic E-state index is 0.0244. The van der Waals surface area contributed by atoms with Crippen molar-refractivity contribution in [3.63, 3.8) is 0 Å². The second kappa shape index (κ2) is 7.78. The van der Waals surface area contributed by atoms with E-state index in [4.69, 9.17) is 32.7 Å².